The van der Waals surface area contributed by atoms with Crippen LogP contribution < -0.4 is 10.2 Å². The van der Waals surface area contributed by atoms with Gasteiger partial charge in [-0.1, -0.05) is 76.1 Å². The number of Topliss-reactive ketones (excluding diaryl/α,β-unsaturated/α-hetero) is 1. The van der Waals surface area contributed by atoms with Crippen LogP contribution in [0, 0.1) is 6.92 Å². The van der Waals surface area contributed by atoms with E-state index in [0.717, 1.165) is 27.0 Å². The number of halogens is 1. The van der Waals surface area contributed by atoms with Gasteiger partial charge in [0.2, 0.25) is 0 Å². The van der Waals surface area contributed by atoms with Crippen LogP contribution >= 0.6 is 15.9 Å². The molecule has 2 N–H and O–H groups in total. The average Bonchev–Trinajstić information content (AvgIpc) is 3.15. The quantitative estimate of drug-likeness (QED) is 0.161. The van der Waals surface area contributed by atoms with Crippen molar-refractivity contribution in [3.63, 3.8) is 0 Å². The van der Waals surface area contributed by atoms with Gasteiger partial charge >= 0.3 is 0 Å². The topological polar surface area (TPSA) is 69.6 Å². The third kappa shape index (κ3) is 4.55. The molecule has 6 heteroatoms. The molecular formula is C30H23BrN2O3. The molecule has 178 valence electrons. The number of nitrogens with one attached hydrogen (secondary N) is 1. The zero-order valence-electron chi connectivity index (χ0n) is 19.5. The third-order valence-electron chi connectivity index (χ3n) is 6.13. The number of aliphatic hydroxyl groups is 1. The molecule has 4 aromatic carbocycles. The van der Waals surface area contributed by atoms with E-state index in [2.05, 4.69) is 21.2 Å². The number of benzene rings is 4. The number of carbonyl (C=O) groups is 2. The number of hydrogen-bond donors (Lipinski definition) is 2. The van der Waals surface area contributed by atoms with Crippen molar-refractivity contribution in [1.82, 2.24) is 0 Å². The first-order valence-electron chi connectivity index (χ1n) is 11.5. The maximum atomic E-state index is 13.4. The average molecular weight is 539 g/mol. The van der Waals surface area contributed by atoms with Crippen molar-refractivity contribution in [2.24, 2.45) is 0 Å². The molecule has 0 radical (unpaired) electrons. The van der Waals surface area contributed by atoms with Crippen LogP contribution in [0.5, 0.6) is 0 Å². The Labute approximate surface area is 217 Å². The molecule has 0 saturated carbocycles. The van der Waals surface area contributed by atoms with Crippen molar-refractivity contribution in [1.29, 1.82) is 0 Å². The molecule has 1 aliphatic rings. The lowest BCUT2D eigenvalue weighted by Gasteiger charge is -2.26. The summed E-state index contributed by atoms with van der Waals surface area (Å²) in [5.41, 5.74) is 4.64. The number of ketones is 1. The molecule has 0 aromatic heterocycles. The number of carbonyl (C=O) groups excluding carboxylic acids is 2. The zero-order chi connectivity index (χ0) is 25.2. The van der Waals surface area contributed by atoms with Gasteiger partial charge in [0.05, 0.1) is 11.6 Å². The first kappa shape index (κ1) is 23.6. The Morgan fingerprint density at radius 1 is 0.833 bits per heavy atom. The minimum atomic E-state index is -0.763. The second kappa shape index (κ2) is 9.84. The summed E-state index contributed by atoms with van der Waals surface area (Å²) < 4.78 is 0.846. The lowest BCUT2D eigenvalue weighted by molar-refractivity contribution is -0.132. The number of rotatable bonds is 5. The molecule has 1 amide bonds. The highest BCUT2D eigenvalue weighted by Gasteiger charge is 2.47. The first-order chi connectivity index (χ1) is 17.4. The van der Waals surface area contributed by atoms with Crippen molar-refractivity contribution in [2.45, 2.75) is 13.0 Å². The summed E-state index contributed by atoms with van der Waals surface area (Å²) >= 11 is 3.39. The van der Waals surface area contributed by atoms with Gasteiger partial charge in [0.1, 0.15) is 5.76 Å². The summed E-state index contributed by atoms with van der Waals surface area (Å²) in [6.07, 6.45) is 0. The smallest absolute Gasteiger partial charge is 0.300 e. The Hall–Kier alpha value is -4.16. The van der Waals surface area contributed by atoms with E-state index in [1.807, 2.05) is 73.7 Å². The Morgan fingerprint density at radius 2 is 1.50 bits per heavy atom. The van der Waals surface area contributed by atoms with Gasteiger partial charge in [0, 0.05) is 27.1 Å². The highest BCUT2D eigenvalue weighted by atomic mass is 79.9. The van der Waals surface area contributed by atoms with Crippen LogP contribution in [0.1, 0.15) is 22.7 Å². The summed E-state index contributed by atoms with van der Waals surface area (Å²) in [7, 11) is 0. The minimum Gasteiger partial charge on any atom is -0.507 e. The predicted octanol–water partition coefficient (Wildman–Crippen LogP) is 7.13. The number of aliphatic hydroxyl groups excluding tert-OH is 1. The fraction of sp³-hybridized carbons (Fsp3) is 0.0667. The minimum absolute atomic E-state index is 0.0689. The molecule has 1 aliphatic heterocycles. The third-order valence-corrected chi connectivity index (χ3v) is 6.66. The Bertz CT molecular complexity index is 1460. The van der Waals surface area contributed by atoms with Crippen LogP contribution in [-0.4, -0.2) is 16.8 Å². The highest BCUT2D eigenvalue weighted by Crippen LogP contribution is 2.42. The second-order valence-corrected chi connectivity index (χ2v) is 9.54. The lowest BCUT2D eigenvalue weighted by atomic mass is 9.94. The van der Waals surface area contributed by atoms with Crippen LogP contribution in [0.3, 0.4) is 0 Å². The lowest BCUT2D eigenvalue weighted by Crippen LogP contribution is -2.29. The maximum Gasteiger partial charge on any atom is 0.300 e. The number of hydrogen-bond acceptors (Lipinski definition) is 4. The zero-order valence-corrected chi connectivity index (χ0v) is 21.1. The molecule has 0 aliphatic carbocycles. The highest BCUT2D eigenvalue weighted by molar-refractivity contribution is 9.10. The van der Waals surface area contributed by atoms with Gasteiger partial charge < -0.3 is 10.4 Å². The van der Waals surface area contributed by atoms with Crippen LogP contribution in [-0.2, 0) is 9.59 Å². The van der Waals surface area contributed by atoms with Crippen molar-refractivity contribution < 1.29 is 14.7 Å². The SMILES string of the molecule is Cc1cccc(C2/C(=C(/O)c3ccc(Br)cc3)C(=O)C(=O)N2c2ccc(Nc3ccccc3)cc2)c1. The van der Waals surface area contributed by atoms with Gasteiger partial charge in [0.15, 0.2) is 0 Å². The van der Waals surface area contributed by atoms with E-state index in [0.29, 0.717) is 11.3 Å². The molecule has 1 unspecified atom stereocenters. The fourth-order valence-corrected chi connectivity index (χ4v) is 4.68. The van der Waals surface area contributed by atoms with Crippen LogP contribution in [0.4, 0.5) is 17.1 Å². The molecular weight excluding hydrogens is 516 g/mol. The number of para-hydroxylation sites is 1. The van der Waals surface area contributed by atoms with E-state index in [4.69, 9.17) is 0 Å². The van der Waals surface area contributed by atoms with Gasteiger partial charge in [-0.25, -0.2) is 0 Å². The van der Waals surface area contributed by atoms with Crippen molar-refractivity contribution in [3.05, 3.63) is 130 Å². The normalized spacial score (nSPS) is 16.8. The van der Waals surface area contributed by atoms with E-state index in [1.165, 1.54) is 4.90 Å². The summed E-state index contributed by atoms with van der Waals surface area (Å²) in [5, 5.41) is 14.5. The molecule has 5 rings (SSSR count). The monoisotopic (exact) mass is 538 g/mol. The second-order valence-electron chi connectivity index (χ2n) is 8.63. The molecule has 0 bridgehead atoms. The van der Waals surface area contributed by atoms with E-state index < -0.39 is 17.7 Å². The molecule has 36 heavy (non-hydrogen) atoms. The molecule has 1 heterocycles. The van der Waals surface area contributed by atoms with Crippen LogP contribution in [0.2, 0.25) is 0 Å². The number of amides is 1. The van der Waals surface area contributed by atoms with Crippen LogP contribution in [0.25, 0.3) is 5.76 Å². The summed E-state index contributed by atoms with van der Waals surface area (Å²) in [5.74, 6) is -1.59. The van der Waals surface area contributed by atoms with Gasteiger partial charge in [-0.3, -0.25) is 14.5 Å². The van der Waals surface area contributed by atoms with Gasteiger partial charge in [-0.15, -0.1) is 0 Å². The standard InChI is InChI=1S/C30H23BrN2O3/c1-19-6-5-7-21(18-19)27-26(28(34)20-10-12-22(31)13-11-20)29(35)30(36)33(27)25-16-14-24(15-17-25)32-23-8-3-2-4-9-23/h2-18,27,32,34H,1H3/b28-26-. The van der Waals surface area contributed by atoms with E-state index >= 15 is 0 Å². The fourth-order valence-electron chi connectivity index (χ4n) is 4.41. The Balaban J connectivity index is 1.59. The van der Waals surface area contributed by atoms with Crippen molar-refractivity contribution in [2.75, 3.05) is 10.2 Å². The van der Waals surface area contributed by atoms with Crippen molar-refractivity contribution >= 4 is 50.4 Å². The van der Waals surface area contributed by atoms with Crippen molar-refractivity contribution in [3.8, 4) is 0 Å². The molecule has 4 aromatic rings. The molecule has 5 nitrogen and oxygen atoms in total. The predicted molar refractivity (Wildman–Crippen MR) is 146 cm³/mol. The largest absolute Gasteiger partial charge is 0.507 e. The molecule has 0 spiro atoms. The number of nitrogens with zero attached hydrogens (tertiary/aromatic N) is 1. The van der Waals surface area contributed by atoms with E-state index in [-0.39, 0.29) is 11.3 Å². The van der Waals surface area contributed by atoms with Gasteiger partial charge in [-0.2, -0.15) is 0 Å². The molecule has 1 atom stereocenters. The van der Waals surface area contributed by atoms with Gasteiger partial charge in [-0.05, 0) is 61.0 Å². The van der Waals surface area contributed by atoms with Gasteiger partial charge in [0.25, 0.3) is 11.7 Å². The first-order valence-corrected chi connectivity index (χ1v) is 12.3. The summed E-state index contributed by atoms with van der Waals surface area (Å²) in [4.78, 5) is 28.1. The van der Waals surface area contributed by atoms with E-state index in [9.17, 15) is 14.7 Å². The van der Waals surface area contributed by atoms with Crippen LogP contribution in [0.15, 0.2) is 113 Å². The molecule has 1 fully saturated rings. The summed E-state index contributed by atoms with van der Waals surface area (Å²) in [6, 6.07) is 31.0. The maximum absolute atomic E-state index is 13.4. The number of aryl methyl sites for hydroxylation is 1. The van der Waals surface area contributed by atoms with E-state index in [1.54, 1.807) is 36.4 Å². The molecule has 1 saturated heterocycles. The number of anilines is 3. The summed E-state index contributed by atoms with van der Waals surface area (Å²) in [6.45, 7) is 1.95. The Morgan fingerprint density at radius 3 is 2.17 bits per heavy atom. The Kier molecular flexibility index (Phi) is 6.44.